The summed E-state index contributed by atoms with van der Waals surface area (Å²) in [5, 5.41) is 3.96. The van der Waals surface area contributed by atoms with Crippen molar-refractivity contribution in [3.05, 3.63) is 81.8 Å². The molecule has 1 saturated heterocycles. The summed E-state index contributed by atoms with van der Waals surface area (Å²) in [7, 11) is 0. The molecule has 192 valence electrons. The lowest BCUT2D eigenvalue weighted by Gasteiger charge is -2.30. The van der Waals surface area contributed by atoms with Crippen LogP contribution in [0.15, 0.2) is 81.2 Å². The molecule has 0 unspecified atom stereocenters. The molecule has 0 radical (unpaired) electrons. The van der Waals surface area contributed by atoms with Crippen molar-refractivity contribution < 1.29 is 9.59 Å². The fourth-order valence-corrected chi connectivity index (χ4v) is 6.85. The lowest BCUT2D eigenvalue weighted by Crippen LogP contribution is -2.40. The molecule has 1 aliphatic heterocycles. The quantitative estimate of drug-likeness (QED) is 0.256. The molecule has 38 heavy (non-hydrogen) atoms. The van der Waals surface area contributed by atoms with Crippen LogP contribution >= 0.6 is 27.7 Å². The van der Waals surface area contributed by atoms with Gasteiger partial charge in [-0.2, -0.15) is 0 Å². The van der Waals surface area contributed by atoms with Gasteiger partial charge in [0.05, 0.1) is 10.6 Å². The number of amidine groups is 1. The van der Waals surface area contributed by atoms with Crippen molar-refractivity contribution in [2.24, 2.45) is 10.7 Å². The fraction of sp³-hybridized carbons (Fsp3) is 0.233. The number of nitrogens with two attached hydrogens (primary N) is 1. The summed E-state index contributed by atoms with van der Waals surface area (Å²) in [6, 6.07) is 20.4. The molecule has 2 amide bonds. The highest BCUT2D eigenvalue weighted by atomic mass is 79.9. The van der Waals surface area contributed by atoms with Crippen LogP contribution in [0.5, 0.6) is 0 Å². The molecule has 1 aliphatic carbocycles. The van der Waals surface area contributed by atoms with E-state index in [9.17, 15) is 9.59 Å². The van der Waals surface area contributed by atoms with E-state index in [4.69, 9.17) is 10.7 Å². The van der Waals surface area contributed by atoms with Crippen molar-refractivity contribution in [1.29, 1.82) is 0 Å². The minimum atomic E-state index is -0.413. The first-order valence-corrected chi connectivity index (χ1v) is 14.4. The van der Waals surface area contributed by atoms with Gasteiger partial charge in [0.15, 0.2) is 5.17 Å². The average molecular weight is 588 g/mol. The number of fused-ring (bicyclic) bond motifs is 2. The monoisotopic (exact) mass is 586 g/mol. The van der Waals surface area contributed by atoms with E-state index in [1.54, 1.807) is 0 Å². The second kappa shape index (κ2) is 10.4. The SMILES string of the molecule is NC(=O)Cn1cc(/C=C2/SC(=Nc3ccc4ccccc4c3)N(C3CCCCC3)C2=O)c2cc(Br)ccc21. The van der Waals surface area contributed by atoms with Crippen molar-refractivity contribution in [2.45, 2.75) is 44.7 Å². The average Bonchev–Trinajstić information content (AvgIpc) is 3.40. The third kappa shape index (κ3) is 4.90. The molecule has 1 saturated carbocycles. The van der Waals surface area contributed by atoms with Gasteiger partial charge >= 0.3 is 0 Å². The summed E-state index contributed by atoms with van der Waals surface area (Å²) in [5.41, 5.74) is 8.10. The number of aliphatic imine (C=N–C) groups is 1. The molecule has 3 aromatic carbocycles. The zero-order valence-corrected chi connectivity index (χ0v) is 23.2. The van der Waals surface area contributed by atoms with E-state index in [2.05, 4.69) is 40.2 Å². The number of thioether (sulfide) groups is 1. The highest BCUT2D eigenvalue weighted by Gasteiger charge is 2.38. The van der Waals surface area contributed by atoms with Crippen LogP contribution in [0.2, 0.25) is 0 Å². The van der Waals surface area contributed by atoms with Crippen LogP contribution < -0.4 is 5.73 Å². The summed E-state index contributed by atoms with van der Waals surface area (Å²) in [6.45, 7) is 0.0747. The first-order chi connectivity index (χ1) is 18.5. The number of nitrogens with zero attached hydrogens (tertiary/aromatic N) is 3. The molecular weight excluding hydrogens is 560 g/mol. The molecule has 8 heteroatoms. The van der Waals surface area contributed by atoms with Crippen LogP contribution in [-0.4, -0.2) is 32.5 Å². The maximum Gasteiger partial charge on any atom is 0.267 e. The molecule has 4 aromatic rings. The van der Waals surface area contributed by atoms with Gasteiger partial charge in [0.2, 0.25) is 5.91 Å². The lowest BCUT2D eigenvalue weighted by atomic mass is 9.94. The van der Waals surface area contributed by atoms with Gasteiger partial charge in [-0.05, 0) is 71.8 Å². The second-order valence-electron chi connectivity index (χ2n) is 9.84. The van der Waals surface area contributed by atoms with Crippen molar-refractivity contribution in [3.8, 4) is 0 Å². The predicted octanol–water partition coefficient (Wildman–Crippen LogP) is 6.98. The Morgan fingerprint density at radius 1 is 1.05 bits per heavy atom. The number of rotatable bonds is 5. The lowest BCUT2D eigenvalue weighted by molar-refractivity contribution is -0.124. The number of carbonyl (C=O) groups excluding carboxylic acids is 2. The third-order valence-electron chi connectivity index (χ3n) is 7.22. The van der Waals surface area contributed by atoms with Crippen molar-refractivity contribution in [1.82, 2.24) is 9.47 Å². The first-order valence-electron chi connectivity index (χ1n) is 12.8. The number of hydrogen-bond acceptors (Lipinski definition) is 4. The number of amides is 2. The molecule has 2 fully saturated rings. The molecule has 2 aliphatic rings. The van der Waals surface area contributed by atoms with Crippen LogP contribution in [0.3, 0.4) is 0 Å². The molecule has 0 atom stereocenters. The smallest absolute Gasteiger partial charge is 0.267 e. The Labute approximate surface area is 233 Å². The first kappa shape index (κ1) is 24.9. The third-order valence-corrected chi connectivity index (χ3v) is 8.70. The van der Waals surface area contributed by atoms with Gasteiger partial charge < -0.3 is 10.3 Å². The van der Waals surface area contributed by atoms with Gasteiger partial charge in [0.1, 0.15) is 6.54 Å². The molecular formula is C30H27BrN4O2S. The normalized spacial score (nSPS) is 18.9. The van der Waals surface area contributed by atoms with E-state index in [1.807, 2.05) is 58.1 Å². The van der Waals surface area contributed by atoms with Gasteiger partial charge in [0.25, 0.3) is 5.91 Å². The molecule has 2 N–H and O–H groups in total. The summed E-state index contributed by atoms with van der Waals surface area (Å²) in [6.07, 6.45) is 9.25. The largest absolute Gasteiger partial charge is 0.368 e. The Kier molecular flexibility index (Phi) is 6.84. The minimum Gasteiger partial charge on any atom is -0.368 e. The van der Waals surface area contributed by atoms with Crippen LogP contribution in [0.4, 0.5) is 5.69 Å². The zero-order chi connectivity index (χ0) is 26.2. The summed E-state index contributed by atoms with van der Waals surface area (Å²) < 4.78 is 2.76. The van der Waals surface area contributed by atoms with Crippen molar-refractivity contribution >= 4 is 78.1 Å². The summed E-state index contributed by atoms with van der Waals surface area (Å²) in [5.74, 6) is -0.421. The molecule has 6 nitrogen and oxygen atoms in total. The van der Waals surface area contributed by atoms with Gasteiger partial charge in [0, 0.05) is 33.2 Å². The number of benzene rings is 3. The number of hydrogen-bond donors (Lipinski definition) is 1. The molecule has 0 spiro atoms. The Balaban J connectivity index is 1.43. The zero-order valence-electron chi connectivity index (χ0n) is 20.8. The van der Waals surface area contributed by atoms with E-state index in [0.717, 1.165) is 68.2 Å². The Morgan fingerprint density at radius 3 is 2.63 bits per heavy atom. The molecule has 2 heterocycles. The maximum absolute atomic E-state index is 13.9. The number of aromatic nitrogens is 1. The second-order valence-corrected chi connectivity index (χ2v) is 11.8. The van der Waals surface area contributed by atoms with E-state index in [0.29, 0.717) is 4.91 Å². The predicted molar refractivity (Wildman–Crippen MR) is 159 cm³/mol. The molecule has 6 rings (SSSR count). The number of primary amides is 1. The van der Waals surface area contributed by atoms with E-state index in [1.165, 1.54) is 18.2 Å². The van der Waals surface area contributed by atoms with Crippen molar-refractivity contribution in [2.75, 3.05) is 0 Å². The Bertz CT molecular complexity index is 1630. The van der Waals surface area contributed by atoms with Gasteiger partial charge in [-0.15, -0.1) is 0 Å². The highest BCUT2D eigenvalue weighted by Crippen LogP contribution is 2.40. The molecule has 0 bridgehead atoms. The topological polar surface area (TPSA) is 80.7 Å². The van der Waals surface area contributed by atoms with E-state index >= 15 is 0 Å². The fourth-order valence-electron chi connectivity index (χ4n) is 5.43. The highest BCUT2D eigenvalue weighted by molar-refractivity contribution is 9.10. The maximum atomic E-state index is 13.9. The number of halogens is 1. The van der Waals surface area contributed by atoms with Gasteiger partial charge in [-0.25, -0.2) is 4.99 Å². The molecule has 1 aromatic heterocycles. The standard InChI is InChI=1S/C30H27BrN4O2S/c31-22-11-13-26-25(16-22)21(17-34(26)18-28(32)36)15-27-29(37)35(24-8-2-1-3-9-24)30(38-27)33-23-12-10-19-6-4-5-7-20(19)14-23/h4-7,10-17,24H,1-3,8-9,18H2,(H2,32,36)/b27-15+,33-30?. The van der Waals surface area contributed by atoms with Gasteiger partial charge in [-0.3, -0.25) is 14.5 Å². The summed E-state index contributed by atoms with van der Waals surface area (Å²) in [4.78, 5) is 33.1. The van der Waals surface area contributed by atoms with Crippen LogP contribution in [0.25, 0.3) is 27.8 Å². The van der Waals surface area contributed by atoms with Crippen molar-refractivity contribution in [3.63, 3.8) is 0 Å². The van der Waals surface area contributed by atoms with Crippen LogP contribution in [-0.2, 0) is 16.1 Å². The van der Waals surface area contributed by atoms with E-state index < -0.39 is 5.91 Å². The van der Waals surface area contributed by atoms with Crippen LogP contribution in [0, 0.1) is 0 Å². The Morgan fingerprint density at radius 2 is 1.84 bits per heavy atom. The minimum absolute atomic E-state index is 0.00719. The number of carbonyl (C=O) groups is 2. The Hall–Kier alpha value is -3.36. The summed E-state index contributed by atoms with van der Waals surface area (Å²) >= 11 is 4.98. The van der Waals surface area contributed by atoms with Gasteiger partial charge in [-0.1, -0.05) is 65.5 Å². The van der Waals surface area contributed by atoms with Crippen LogP contribution in [0.1, 0.15) is 37.7 Å². The van der Waals surface area contributed by atoms with E-state index in [-0.39, 0.29) is 18.5 Å².